The highest BCUT2D eigenvalue weighted by Gasteiger charge is 2.23. The lowest BCUT2D eigenvalue weighted by atomic mass is 10.1. The van der Waals surface area contributed by atoms with Gasteiger partial charge in [0.2, 0.25) is 0 Å². The Bertz CT molecular complexity index is 678. The standard InChI is InChI=1S/C19H25N3O/c1-14(2)12-22-10-8-15(13-22)11-21-19(23)17-7-3-5-16-6-4-9-20-18(16)17/h3-7,9,14-15H,8,10-13H2,1-2H3,(H,21,23). The first-order valence-electron chi connectivity index (χ1n) is 8.48. The molecule has 2 heterocycles. The molecule has 4 nitrogen and oxygen atoms in total. The topological polar surface area (TPSA) is 45.2 Å². The van der Waals surface area contributed by atoms with E-state index >= 15 is 0 Å². The van der Waals surface area contributed by atoms with Crippen LogP contribution in [0.2, 0.25) is 0 Å². The van der Waals surface area contributed by atoms with Gasteiger partial charge in [0.25, 0.3) is 5.91 Å². The number of pyridine rings is 1. The van der Waals surface area contributed by atoms with Crippen LogP contribution in [0.25, 0.3) is 10.9 Å². The first-order chi connectivity index (χ1) is 11.1. The SMILES string of the molecule is CC(C)CN1CCC(CNC(=O)c2cccc3cccnc23)C1. The van der Waals surface area contributed by atoms with Crippen LogP contribution in [0.15, 0.2) is 36.5 Å². The molecule has 1 aliphatic heterocycles. The summed E-state index contributed by atoms with van der Waals surface area (Å²) in [7, 11) is 0. The molecule has 0 radical (unpaired) electrons. The average molecular weight is 311 g/mol. The highest BCUT2D eigenvalue weighted by atomic mass is 16.1. The molecular weight excluding hydrogens is 286 g/mol. The van der Waals surface area contributed by atoms with Gasteiger partial charge in [0.05, 0.1) is 11.1 Å². The Morgan fingerprint density at radius 2 is 2.17 bits per heavy atom. The lowest BCUT2D eigenvalue weighted by molar-refractivity contribution is 0.0948. The summed E-state index contributed by atoms with van der Waals surface area (Å²) in [5, 5.41) is 4.11. The van der Waals surface area contributed by atoms with Gasteiger partial charge in [-0.3, -0.25) is 9.78 Å². The maximum absolute atomic E-state index is 12.5. The molecule has 23 heavy (non-hydrogen) atoms. The van der Waals surface area contributed by atoms with Crippen molar-refractivity contribution < 1.29 is 4.79 Å². The predicted octanol–water partition coefficient (Wildman–Crippen LogP) is 2.94. The maximum atomic E-state index is 12.5. The van der Waals surface area contributed by atoms with E-state index in [0.29, 0.717) is 17.4 Å². The fraction of sp³-hybridized carbons (Fsp3) is 0.474. The number of para-hydroxylation sites is 1. The molecule has 0 spiro atoms. The van der Waals surface area contributed by atoms with Crippen LogP contribution < -0.4 is 5.32 Å². The van der Waals surface area contributed by atoms with E-state index in [1.54, 1.807) is 6.20 Å². The Hall–Kier alpha value is -1.94. The van der Waals surface area contributed by atoms with E-state index in [9.17, 15) is 4.79 Å². The van der Waals surface area contributed by atoms with Crippen molar-refractivity contribution in [3.05, 3.63) is 42.1 Å². The summed E-state index contributed by atoms with van der Waals surface area (Å²) in [5.41, 5.74) is 1.44. The average Bonchev–Trinajstić information content (AvgIpc) is 2.98. The van der Waals surface area contributed by atoms with Crippen molar-refractivity contribution in [3.8, 4) is 0 Å². The zero-order chi connectivity index (χ0) is 16.2. The van der Waals surface area contributed by atoms with Gasteiger partial charge >= 0.3 is 0 Å². The van der Waals surface area contributed by atoms with Crippen LogP contribution in [-0.4, -0.2) is 42.0 Å². The van der Waals surface area contributed by atoms with E-state index in [1.165, 1.54) is 6.42 Å². The highest BCUT2D eigenvalue weighted by molar-refractivity contribution is 6.05. The van der Waals surface area contributed by atoms with Crippen LogP contribution in [0.5, 0.6) is 0 Å². The number of carbonyl (C=O) groups excluding carboxylic acids is 1. The molecule has 1 atom stereocenters. The first-order valence-corrected chi connectivity index (χ1v) is 8.48. The van der Waals surface area contributed by atoms with Crippen LogP contribution in [-0.2, 0) is 0 Å². The number of nitrogens with one attached hydrogen (secondary N) is 1. The van der Waals surface area contributed by atoms with Gasteiger partial charge in [-0.2, -0.15) is 0 Å². The Balaban J connectivity index is 1.59. The van der Waals surface area contributed by atoms with Crippen LogP contribution in [0.4, 0.5) is 0 Å². The zero-order valence-corrected chi connectivity index (χ0v) is 14.0. The molecule has 1 fully saturated rings. The molecule has 1 saturated heterocycles. The zero-order valence-electron chi connectivity index (χ0n) is 14.0. The molecule has 4 heteroatoms. The predicted molar refractivity (Wildman–Crippen MR) is 93.5 cm³/mol. The van der Waals surface area contributed by atoms with Gasteiger partial charge < -0.3 is 10.2 Å². The number of carbonyl (C=O) groups is 1. The van der Waals surface area contributed by atoms with Gasteiger partial charge in [0.15, 0.2) is 0 Å². The summed E-state index contributed by atoms with van der Waals surface area (Å²) in [6.07, 6.45) is 2.90. The van der Waals surface area contributed by atoms with Crippen molar-refractivity contribution in [3.63, 3.8) is 0 Å². The maximum Gasteiger partial charge on any atom is 0.253 e. The van der Waals surface area contributed by atoms with E-state index in [-0.39, 0.29) is 5.91 Å². The van der Waals surface area contributed by atoms with Crippen molar-refractivity contribution in [2.75, 3.05) is 26.2 Å². The molecule has 122 valence electrons. The Morgan fingerprint density at radius 3 is 3.00 bits per heavy atom. The van der Waals surface area contributed by atoms with Crippen molar-refractivity contribution in [2.24, 2.45) is 11.8 Å². The third kappa shape index (κ3) is 3.88. The van der Waals surface area contributed by atoms with Gasteiger partial charge in [-0.15, -0.1) is 0 Å². The normalized spacial score (nSPS) is 18.7. The third-order valence-corrected chi connectivity index (χ3v) is 4.42. The van der Waals surface area contributed by atoms with E-state index in [1.807, 2.05) is 30.3 Å². The van der Waals surface area contributed by atoms with Crippen molar-refractivity contribution in [2.45, 2.75) is 20.3 Å². The smallest absolute Gasteiger partial charge is 0.253 e. The molecule has 0 bridgehead atoms. The fourth-order valence-electron chi connectivity index (χ4n) is 3.38. The lowest BCUT2D eigenvalue weighted by Gasteiger charge is -2.18. The van der Waals surface area contributed by atoms with Gasteiger partial charge in [0, 0.05) is 31.2 Å². The first kappa shape index (κ1) is 15.9. The molecule has 1 aromatic carbocycles. The second-order valence-electron chi connectivity index (χ2n) is 6.90. The molecule has 1 aliphatic rings. The van der Waals surface area contributed by atoms with Crippen LogP contribution in [0.1, 0.15) is 30.6 Å². The largest absolute Gasteiger partial charge is 0.352 e. The van der Waals surface area contributed by atoms with Gasteiger partial charge in [-0.05, 0) is 36.9 Å². The Kier molecular flexibility index (Phi) is 4.91. The minimum atomic E-state index is -0.0170. The fourth-order valence-corrected chi connectivity index (χ4v) is 3.38. The summed E-state index contributed by atoms with van der Waals surface area (Å²) in [6.45, 7) is 8.64. The number of rotatable bonds is 5. The van der Waals surface area contributed by atoms with Crippen molar-refractivity contribution in [1.29, 1.82) is 0 Å². The lowest BCUT2D eigenvalue weighted by Crippen LogP contribution is -2.32. The number of amides is 1. The van der Waals surface area contributed by atoms with E-state index < -0.39 is 0 Å². The number of fused-ring (bicyclic) bond motifs is 1. The van der Waals surface area contributed by atoms with Crippen molar-refractivity contribution in [1.82, 2.24) is 15.2 Å². The molecule has 0 saturated carbocycles. The van der Waals surface area contributed by atoms with Gasteiger partial charge in [0.1, 0.15) is 0 Å². The number of hydrogen-bond donors (Lipinski definition) is 1. The minimum absolute atomic E-state index is 0.0170. The molecule has 1 N–H and O–H groups in total. The van der Waals surface area contributed by atoms with E-state index in [0.717, 1.165) is 37.1 Å². The van der Waals surface area contributed by atoms with Crippen LogP contribution in [0.3, 0.4) is 0 Å². The summed E-state index contributed by atoms with van der Waals surface area (Å²) < 4.78 is 0. The molecule has 0 aliphatic carbocycles. The monoisotopic (exact) mass is 311 g/mol. The summed E-state index contributed by atoms with van der Waals surface area (Å²) >= 11 is 0. The molecule has 2 aromatic rings. The molecule has 1 unspecified atom stereocenters. The molecule has 3 rings (SSSR count). The van der Waals surface area contributed by atoms with Gasteiger partial charge in [-0.1, -0.05) is 32.0 Å². The second kappa shape index (κ2) is 7.09. The van der Waals surface area contributed by atoms with Gasteiger partial charge in [-0.25, -0.2) is 0 Å². The second-order valence-corrected chi connectivity index (χ2v) is 6.90. The molecule has 1 amide bonds. The minimum Gasteiger partial charge on any atom is -0.352 e. The third-order valence-electron chi connectivity index (χ3n) is 4.42. The summed E-state index contributed by atoms with van der Waals surface area (Å²) in [4.78, 5) is 19.4. The van der Waals surface area contributed by atoms with E-state index in [2.05, 4.69) is 29.0 Å². The van der Waals surface area contributed by atoms with Crippen molar-refractivity contribution >= 4 is 16.8 Å². The van der Waals surface area contributed by atoms with E-state index in [4.69, 9.17) is 0 Å². The van der Waals surface area contributed by atoms with Crippen LogP contribution in [0, 0.1) is 11.8 Å². The summed E-state index contributed by atoms with van der Waals surface area (Å²) in [6, 6.07) is 9.63. The molecule has 1 aromatic heterocycles. The number of nitrogens with zero attached hydrogens (tertiary/aromatic N) is 2. The highest BCUT2D eigenvalue weighted by Crippen LogP contribution is 2.18. The summed E-state index contributed by atoms with van der Waals surface area (Å²) in [5.74, 6) is 1.24. The Morgan fingerprint density at radius 1 is 1.35 bits per heavy atom. The number of aromatic nitrogens is 1. The number of benzene rings is 1. The quantitative estimate of drug-likeness (QED) is 0.923. The Labute approximate surface area is 137 Å². The number of hydrogen-bond acceptors (Lipinski definition) is 3. The number of likely N-dealkylation sites (tertiary alicyclic amines) is 1. The molecular formula is C19H25N3O. The van der Waals surface area contributed by atoms with Crippen LogP contribution >= 0.6 is 0 Å².